The number of carbonyl (C=O) groups excluding carboxylic acids is 1. The quantitative estimate of drug-likeness (QED) is 0.585. The summed E-state index contributed by atoms with van der Waals surface area (Å²) in [7, 11) is 1.86. The van der Waals surface area contributed by atoms with Crippen LogP contribution in [0.2, 0.25) is 0 Å². The van der Waals surface area contributed by atoms with E-state index in [-0.39, 0.29) is 5.92 Å². The summed E-state index contributed by atoms with van der Waals surface area (Å²) in [5.41, 5.74) is 0.552. The highest BCUT2D eigenvalue weighted by molar-refractivity contribution is 5.81. The zero-order valence-corrected chi connectivity index (χ0v) is 16.4. The third kappa shape index (κ3) is 3.86. The predicted molar refractivity (Wildman–Crippen MR) is 105 cm³/mol. The van der Waals surface area contributed by atoms with Crippen LogP contribution in [0, 0.1) is 17.3 Å². The van der Waals surface area contributed by atoms with Gasteiger partial charge < -0.3 is 15.5 Å². The van der Waals surface area contributed by atoms with E-state index in [2.05, 4.69) is 20.5 Å². The van der Waals surface area contributed by atoms with Gasteiger partial charge in [0.15, 0.2) is 5.96 Å². The van der Waals surface area contributed by atoms with E-state index >= 15 is 0 Å². The van der Waals surface area contributed by atoms with Gasteiger partial charge in [-0.2, -0.15) is 0 Å². The molecule has 0 aromatic rings. The highest BCUT2D eigenvalue weighted by Gasteiger charge is 2.48. The van der Waals surface area contributed by atoms with Gasteiger partial charge in [0.2, 0.25) is 5.91 Å². The summed E-state index contributed by atoms with van der Waals surface area (Å²) in [6.45, 7) is 2.80. The van der Waals surface area contributed by atoms with Crippen molar-refractivity contribution in [2.45, 2.75) is 76.7 Å². The Morgan fingerprint density at radius 2 is 1.85 bits per heavy atom. The molecule has 0 bridgehead atoms. The molecule has 4 aliphatic rings. The van der Waals surface area contributed by atoms with Gasteiger partial charge in [0.1, 0.15) is 0 Å². The number of aliphatic imine (C=N–C) groups is 1. The molecule has 26 heavy (non-hydrogen) atoms. The third-order valence-corrected chi connectivity index (χ3v) is 7.42. The van der Waals surface area contributed by atoms with Gasteiger partial charge in [0, 0.05) is 38.6 Å². The summed E-state index contributed by atoms with van der Waals surface area (Å²) in [4.78, 5) is 19.3. The van der Waals surface area contributed by atoms with Gasteiger partial charge >= 0.3 is 0 Å². The molecule has 1 heterocycles. The second-order valence-electron chi connectivity index (χ2n) is 9.17. The van der Waals surface area contributed by atoms with Crippen LogP contribution in [0.3, 0.4) is 0 Å². The first-order chi connectivity index (χ1) is 12.7. The summed E-state index contributed by atoms with van der Waals surface area (Å²) in [5.74, 6) is 2.57. The Bertz CT molecular complexity index is 532. The molecule has 0 aromatic heterocycles. The van der Waals surface area contributed by atoms with Crippen molar-refractivity contribution in [2.24, 2.45) is 22.2 Å². The second-order valence-corrected chi connectivity index (χ2v) is 9.17. The normalized spacial score (nSPS) is 29.3. The first kappa shape index (κ1) is 18.1. The fourth-order valence-electron chi connectivity index (χ4n) is 5.39. The standard InChI is InChI=1S/C21H36N4O/c1-22-20(23-15-21(11-5-12-21)17-8-9-17)24-18-10-13-25(14-18)19(26)16-6-3-2-4-7-16/h16-18H,2-15H2,1H3,(H2,22,23,24). The minimum atomic E-state index is 0.289. The Labute approximate surface area is 158 Å². The van der Waals surface area contributed by atoms with Crippen LogP contribution >= 0.6 is 0 Å². The van der Waals surface area contributed by atoms with Crippen molar-refractivity contribution in [3.63, 3.8) is 0 Å². The number of carbonyl (C=O) groups is 1. The van der Waals surface area contributed by atoms with Crippen LogP contribution in [0.15, 0.2) is 4.99 Å². The number of guanidine groups is 1. The minimum Gasteiger partial charge on any atom is -0.356 e. The van der Waals surface area contributed by atoms with Crippen molar-refractivity contribution < 1.29 is 4.79 Å². The highest BCUT2D eigenvalue weighted by atomic mass is 16.2. The lowest BCUT2D eigenvalue weighted by Gasteiger charge is -2.43. The van der Waals surface area contributed by atoms with E-state index in [4.69, 9.17) is 0 Å². The van der Waals surface area contributed by atoms with E-state index in [0.29, 0.717) is 17.4 Å². The summed E-state index contributed by atoms with van der Waals surface area (Å²) in [6, 6.07) is 0.340. The number of rotatable bonds is 5. The van der Waals surface area contributed by atoms with Gasteiger partial charge in [-0.3, -0.25) is 9.79 Å². The summed E-state index contributed by atoms with van der Waals surface area (Å²) in [6.07, 6.45) is 14.0. The van der Waals surface area contributed by atoms with Crippen LogP contribution in [0.5, 0.6) is 0 Å². The van der Waals surface area contributed by atoms with Crippen LogP contribution in [-0.2, 0) is 4.79 Å². The number of amides is 1. The molecule has 2 N–H and O–H groups in total. The molecule has 5 nitrogen and oxygen atoms in total. The van der Waals surface area contributed by atoms with Crippen LogP contribution in [0.1, 0.15) is 70.6 Å². The Balaban J connectivity index is 1.23. The van der Waals surface area contributed by atoms with E-state index in [9.17, 15) is 4.79 Å². The number of nitrogens with zero attached hydrogens (tertiary/aromatic N) is 2. The lowest BCUT2D eigenvalue weighted by atomic mass is 9.65. The van der Waals surface area contributed by atoms with Gasteiger partial charge in [-0.1, -0.05) is 25.7 Å². The lowest BCUT2D eigenvalue weighted by Crippen LogP contribution is -2.50. The molecule has 5 heteroatoms. The molecular weight excluding hydrogens is 324 g/mol. The molecule has 0 aromatic carbocycles. The van der Waals surface area contributed by atoms with E-state index in [1.54, 1.807) is 0 Å². The average molecular weight is 361 g/mol. The maximum Gasteiger partial charge on any atom is 0.225 e. The minimum absolute atomic E-state index is 0.289. The lowest BCUT2D eigenvalue weighted by molar-refractivity contribution is -0.135. The molecule has 1 atom stereocenters. The summed E-state index contributed by atoms with van der Waals surface area (Å²) in [5, 5.41) is 7.18. The predicted octanol–water partition coefficient (Wildman–Crippen LogP) is 2.91. The van der Waals surface area contributed by atoms with Crippen LogP contribution < -0.4 is 10.6 Å². The van der Waals surface area contributed by atoms with E-state index in [0.717, 1.165) is 50.8 Å². The van der Waals surface area contributed by atoms with Gasteiger partial charge in [0.25, 0.3) is 0 Å². The Hall–Kier alpha value is -1.26. The molecule has 4 fully saturated rings. The highest BCUT2D eigenvalue weighted by Crippen LogP contribution is 2.56. The van der Waals surface area contributed by atoms with Crippen molar-refractivity contribution >= 4 is 11.9 Å². The zero-order chi connectivity index (χ0) is 18.0. The Kier molecular flexibility index (Phi) is 5.42. The first-order valence-corrected chi connectivity index (χ1v) is 11.0. The molecule has 0 spiro atoms. The molecule has 3 saturated carbocycles. The van der Waals surface area contributed by atoms with Gasteiger partial charge in [0.05, 0.1) is 0 Å². The second kappa shape index (κ2) is 7.77. The molecule has 146 valence electrons. The van der Waals surface area contributed by atoms with E-state index in [1.807, 2.05) is 7.05 Å². The molecule has 3 aliphatic carbocycles. The molecule has 1 saturated heterocycles. The molecular formula is C21H36N4O. The van der Waals surface area contributed by atoms with Crippen molar-refractivity contribution in [1.29, 1.82) is 0 Å². The summed E-state index contributed by atoms with van der Waals surface area (Å²) >= 11 is 0. The third-order valence-electron chi connectivity index (χ3n) is 7.42. The molecule has 1 aliphatic heterocycles. The largest absolute Gasteiger partial charge is 0.356 e. The molecule has 1 unspecified atom stereocenters. The Morgan fingerprint density at radius 1 is 1.08 bits per heavy atom. The zero-order valence-electron chi connectivity index (χ0n) is 16.4. The van der Waals surface area contributed by atoms with Crippen LogP contribution in [0.4, 0.5) is 0 Å². The van der Waals surface area contributed by atoms with Crippen LogP contribution in [-0.4, -0.2) is 49.5 Å². The monoisotopic (exact) mass is 360 g/mol. The number of hydrogen-bond donors (Lipinski definition) is 2. The topological polar surface area (TPSA) is 56.7 Å². The summed E-state index contributed by atoms with van der Waals surface area (Å²) < 4.78 is 0. The Morgan fingerprint density at radius 3 is 2.46 bits per heavy atom. The first-order valence-electron chi connectivity index (χ1n) is 11.0. The smallest absolute Gasteiger partial charge is 0.225 e. The fraction of sp³-hybridized carbons (Fsp3) is 0.905. The van der Waals surface area contributed by atoms with E-state index < -0.39 is 0 Å². The molecule has 1 amide bonds. The van der Waals surface area contributed by atoms with Gasteiger partial charge in [-0.15, -0.1) is 0 Å². The fourth-order valence-corrected chi connectivity index (χ4v) is 5.39. The van der Waals surface area contributed by atoms with E-state index in [1.165, 1.54) is 51.4 Å². The van der Waals surface area contributed by atoms with Gasteiger partial charge in [-0.05, 0) is 56.3 Å². The van der Waals surface area contributed by atoms with Gasteiger partial charge in [-0.25, -0.2) is 0 Å². The average Bonchev–Trinajstić information content (AvgIpc) is 3.38. The number of hydrogen-bond acceptors (Lipinski definition) is 2. The number of nitrogens with one attached hydrogen (secondary N) is 2. The van der Waals surface area contributed by atoms with Crippen molar-refractivity contribution in [1.82, 2.24) is 15.5 Å². The van der Waals surface area contributed by atoms with Crippen molar-refractivity contribution in [3.8, 4) is 0 Å². The number of likely N-dealkylation sites (tertiary alicyclic amines) is 1. The van der Waals surface area contributed by atoms with Crippen molar-refractivity contribution in [3.05, 3.63) is 0 Å². The SMILES string of the molecule is CN=C(NCC1(C2CC2)CCC1)NC1CCN(C(=O)C2CCCCC2)C1. The van der Waals surface area contributed by atoms with Crippen LogP contribution in [0.25, 0.3) is 0 Å². The molecule has 0 radical (unpaired) electrons. The maximum atomic E-state index is 12.7. The van der Waals surface area contributed by atoms with Crippen molar-refractivity contribution in [2.75, 3.05) is 26.7 Å². The molecule has 4 rings (SSSR count). The maximum absolute atomic E-state index is 12.7.